The molecule has 1 aliphatic rings. The molecule has 0 spiro atoms. The lowest BCUT2D eigenvalue weighted by Crippen LogP contribution is -2.63. The number of rotatable bonds is 6. The molecule has 6 aromatic rings. The predicted molar refractivity (Wildman–Crippen MR) is 174 cm³/mol. The van der Waals surface area contributed by atoms with Crippen molar-refractivity contribution in [3.8, 4) is 0 Å². The van der Waals surface area contributed by atoms with Crippen LogP contribution in [0.5, 0.6) is 0 Å². The van der Waals surface area contributed by atoms with Gasteiger partial charge in [0.25, 0.3) is 13.4 Å². The average Bonchev–Trinajstić information content (AvgIpc) is 3.26. The highest BCUT2D eigenvalue weighted by atomic mass is 19.2. The van der Waals surface area contributed by atoms with Gasteiger partial charge in [-0.1, -0.05) is 47.3 Å². The van der Waals surface area contributed by atoms with Gasteiger partial charge in [-0.3, -0.25) is 9.59 Å². The third-order valence-electron chi connectivity index (χ3n) is 9.89. The zero-order valence-corrected chi connectivity index (χ0v) is 29.0. The normalized spacial score (nSPS) is 12.3. The van der Waals surface area contributed by atoms with Crippen LogP contribution in [0.15, 0.2) is 36.4 Å². The minimum Gasteiger partial charge on any atom is -0.289 e. The highest BCUT2D eigenvalue weighted by molar-refractivity contribution is 6.98. The zero-order chi connectivity index (χ0) is 45.9. The molecule has 0 saturated carbocycles. The third kappa shape index (κ3) is 5.92. The van der Waals surface area contributed by atoms with E-state index in [0.717, 1.165) is 12.1 Å². The fourth-order valence-electron chi connectivity index (χ4n) is 7.17. The molecule has 7 rings (SSSR count). The molecule has 0 heterocycles. The van der Waals surface area contributed by atoms with Crippen molar-refractivity contribution in [3.05, 3.63) is 175 Å². The van der Waals surface area contributed by atoms with Crippen molar-refractivity contribution >= 4 is 57.8 Å². The first-order valence-corrected chi connectivity index (χ1v) is 16.4. The number of carbonyl (C=O) groups is 2. The van der Waals surface area contributed by atoms with E-state index >= 15 is 35.1 Å². The summed E-state index contributed by atoms with van der Waals surface area (Å²) in [5.74, 6) is -64.3. The van der Waals surface area contributed by atoms with E-state index in [1.807, 2.05) is 0 Å². The summed E-state index contributed by atoms with van der Waals surface area (Å²) >= 11 is 0. The van der Waals surface area contributed by atoms with Crippen LogP contribution in [0.3, 0.4) is 0 Å². The number of ketones is 2. The number of carbonyl (C=O) groups excluding carboxylic acids is 2. The molecule has 0 aromatic heterocycles. The van der Waals surface area contributed by atoms with Crippen molar-refractivity contribution in [2.45, 2.75) is 0 Å². The quantitative estimate of drug-likeness (QED) is 0.0855. The van der Waals surface area contributed by atoms with Gasteiger partial charge in [-0.25, -0.2) is 87.8 Å². The van der Waals surface area contributed by atoms with Gasteiger partial charge in [0.15, 0.2) is 128 Å². The van der Waals surface area contributed by atoms with E-state index in [0.29, 0.717) is 12.1 Å². The first kappa shape index (κ1) is 43.5. The van der Waals surface area contributed by atoms with E-state index in [9.17, 15) is 62.3 Å². The molecule has 1 aliphatic carbocycles. The summed E-state index contributed by atoms with van der Waals surface area (Å²) in [7, 11) is 0. The number of benzene rings is 6. The van der Waals surface area contributed by atoms with E-state index in [4.69, 9.17) is 0 Å². The van der Waals surface area contributed by atoms with Gasteiger partial charge >= 0.3 is 0 Å². The Morgan fingerprint density at radius 1 is 0.258 bits per heavy atom. The minimum atomic E-state index is -3.73. The minimum absolute atomic E-state index is 0.0981. The summed E-state index contributed by atoms with van der Waals surface area (Å²) in [6.45, 7) is -7.45. The molecule has 62 heavy (non-hydrogen) atoms. The predicted octanol–water partition coefficient (Wildman–Crippen LogP) is 6.28. The van der Waals surface area contributed by atoms with Crippen molar-refractivity contribution in [2.75, 3.05) is 0 Å². The Labute approximate surface area is 330 Å². The second-order valence-corrected chi connectivity index (χ2v) is 13.0. The van der Waals surface area contributed by atoms with Crippen LogP contribution in [0.2, 0.25) is 0 Å². The molecular weight excluding hydrogens is 890 g/mol. The fraction of sp³-hybridized carbons (Fsp3) is 0. The topological polar surface area (TPSA) is 34.1 Å². The van der Waals surface area contributed by atoms with Crippen molar-refractivity contribution in [2.24, 2.45) is 0 Å². The molecule has 0 fully saturated rings. The molecule has 0 N–H and O–H groups in total. The molecule has 0 atom stereocenters. The van der Waals surface area contributed by atoms with Gasteiger partial charge in [0, 0.05) is 44.1 Å². The summed E-state index contributed by atoms with van der Waals surface area (Å²) in [6.07, 6.45) is 0. The van der Waals surface area contributed by atoms with Gasteiger partial charge in [0.05, 0.1) is 0 Å². The molecule has 0 unspecified atom stereocenters. The maximum Gasteiger partial charge on any atom is 0.258 e. The monoisotopic (exact) mass is 896 g/mol. The van der Waals surface area contributed by atoms with E-state index in [1.54, 1.807) is 0 Å². The second kappa shape index (κ2) is 15.1. The Morgan fingerprint density at radius 2 is 0.435 bits per heavy atom. The molecule has 24 heteroatoms. The van der Waals surface area contributed by atoms with Crippen LogP contribution in [0.25, 0.3) is 0 Å². The standard InChI is InChI=1S/C38H6B2F20O2/c41-17-13(18(42)26(50)33(57)25(17)49)39(14-19(43)27(51)34(58)28(52)20(14)44)9-5-6-10(12-11(9)37(61)7-3-1-2-4-8(7)38(12)62)40(15-21(45)29(53)35(59)30(54)22(15)46)16-23(47)31(55)36(60)32(56)24(16)48/h1-6H. The fourth-order valence-corrected chi connectivity index (χ4v) is 7.17. The highest BCUT2D eigenvalue weighted by Crippen LogP contribution is 2.30. The van der Waals surface area contributed by atoms with E-state index in [2.05, 4.69) is 0 Å². The summed E-state index contributed by atoms with van der Waals surface area (Å²) in [5.41, 5.74) is -19.2. The molecule has 0 radical (unpaired) electrons. The van der Waals surface area contributed by atoms with Crippen LogP contribution < -0.4 is 32.8 Å². The lowest BCUT2D eigenvalue weighted by molar-refractivity contribution is 0.0980. The molecule has 0 amide bonds. The Morgan fingerprint density at radius 3 is 0.629 bits per heavy atom. The summed E-state index contributed by atoms with van der Waals surface area (Å²) in [5, 5.41) is 0. The Balaban J connectivity index is 1.76. The average molecular weight is 896 g/mol. The number of halogens is 20. The summed E-state index contributed by atoms with van der Waals surface area (Å²) < 4.78 is 301. The van der Waals surface area contributed by atoms with Crippen molar-refractivity contribution in [3.63, 3.8) is 0 Å². The van der Waals surface area contributed by atoms with E-state index in [-0.39, 0.29) is 12.1 Å². The van der Waals surface area contributed by atoms with Gasteiger partial charge in [-0.2, -0.15) is 0 Å². The largest absolute Gasteiger partial charge is 0.289 e. The van der Waals surface area contributed by atoms with Crippen molar-refractivity contribution < 1.29 is 97.4 Å². The van der Waals surface area contributed by atoms with Crippen molar-refractivity contribution in [1.29, 1.82) is 0 Å². The molecular formula is C38H6B2F20O2. The summed E-state index contributed by atoms with van der Waals surface area (Å²) in [4.78, 5) is 28.8. The number of hydrogen-bond acceptors (Lipinski definition) is 2. The highest BCUT2D eigenvalue weighted by Gasteiger charge is 2.48. The van der Waals surface area contributed by atoms with Crippen LogP contribution in [0, 0.1) is 116 Å². The SMILES string of the molecule is O=C1c2ccccc2C(=O)c2c(B(c3c(F)c(F)c(F)c(F)c3F)c3c(F)c(F)c(F)c(F)c3F)ccc(B(c3c(F)c(F)c(F)c(F)c3F)c3c(F)c(F)c(F)c(F)c3F)c21. The van der Waals surface area contributed by atoms with Gasteiger partial charge in [-0.15, -0.1) is 0 Å². The Kier molecular flexibility index (Phi) is 10.6. The lowest BCUT2D eigenvalue weighted by atomic mass is 9.32. The third-order valence-corrected chi connectivity index (χ3v) is 9.89. The van der Waals surface area contributed by atoms with E-state index in [1.165, 1.54) is 0 Å². The van der Waals surface area contributed by atoms with Gasteiger partial charge in [-0.05, 0) is 0 Å². The van der Waals surface area contributed by atoms with Crippen LogP contribution in [-0.2, 0) is 0 Å². The van der Waals surface area contributed by atoms with Crippen LogP contribution in [0.4, 0.5) is 87.8 Å². The maximum atomic E-state index is 15.7. The molecule has 0 saturated heterocycles. The van der Waals surface area contributed by atoms with Crippen LogP contribution >= 0.6 is 0 Å². The van der Waals surface area contributed by atoms with Gasteiger partial charge < -0.3 is 0 Å². The van der Waals surface area contributed by atoms with Gasteiger partial charge in [0.2, 0.25) is 0 Å². The molecule has 0 aliphatic heterocycles. The maximum absolute atomic E-state index is 15.7. The molecule has 2 nitrogen and oxygen atoms in total. The van der Waals surface area contributed by atoms with Gasteiger partial charge in [0.1, 0.15) is 0 Å². The number of fused-ring (bicyclic) bond motifs is 2. The molecule has 0 bridgehead atoms. The Bertz CT molecular complexity index is 2590. The van der Waals surface area contributed by atoms with Crippen LogP contribution in [0.1, 0.15) is 31.8 Å². The van der Waals surface area contributed by atoms with Crippen molar-refractivity contribution in [1.82, 2.24) is 0 Å². The number of hydrogen-bond donors (Lipinski definition) is 0. The molecule has 6 aromatic carbocycles. The summed E-state index contributed by atoms with van der Waals surface area (Å²) in [6, 6.07) is 3.09. The zero-order valence-electron chi connectivity index (χ0n) is 29.0. The van der Waals surface area contributed by atoms with E-state index < -0.39 is 196 Å². The molecule has 316 valence electrons. The Hall–Kier alpha value is -6.61. The first-order chi connectivity index (χ1) is 29.0. The van der Waals surface area contributed by atoms with Crippen LogP contribution in [-0.4, -0.2) is 25.0 Å². The smallest absolute Gasteiger partial charge is 0.258 e. The second-order valence-electron chi connectivity index (χ2n) is 13.0. The lowest BCUT2D eigenvalue weighted by Gasteiger charge is -2.29. The first-order valence-electron chi connectivity index (χ1n) is 16.4.